The van der Waals surface area contributed by atoms with Crippen LogP contribution in [0.25, 0.3) is 0 Å². The van der Waals surface area contributed by atoms with Crippen molar-refractivity contribution in [2.75, 3.05) is 13.1 Å². The Balaban J connectivity index is 1.74. The van der Waals surface area contributed by atoms with Crippen molar-refractivity contribution in [2.45, 2.75) is 37.7 Å². The summed E-state index contributed by atoms with van der Waals surface area (Å²) in [7, 11) is 0. The summed E-state index contributed by atoms with van der Waals surface area (Å²) in [6.07, 6.45) is -7.89. The van der Waals surface area contributed by atoms with E-state index in [0.29, 0.717) is 36.9 Å². The van der Waals surface area contributed by atoms with Crippen molar-refractivity contribution in [3.63, 3.8) is 0 Å². The van der Waals surface area contributed by atoms with Crippen LogP contribution in [0.2, 0.25) is 0 Å². The first-order valence-electron chi connectivity index (χ1n) is 10.9. The quantitative estimate of drug-likeness (QED) is 0.540. The van der Waals surface area contributed by atoms with Crippen molar-refractivity contribution < 1.29 is 35.9 Å². The van der Waals surface area contributed by atoms with Crippen molar-refractivity contribution in [3.8, 4) is 0 Å². The molecule has 4 N–H and O–H groups in total. The fourth-order valence-electron chi connectivity index (χ4n) is 4.58. The van der Waals surface area contributed by atoms with Gasteiger partial charge in [-0.25, -0.2) is 0 Å². The zero-order chi connectivity index (χ0) is 26.0. The molecule has 0 aromatic heterocycles. The third-order valence-corrected chi connectivity index (χ3v) is 6.42. The highest BCUT2D eigenvalue weighted by Gasteiger charge is 2.46. The Morgan fingerprint density at radius 2 is 1.23 bits per heavy atom. The predicted molar refractivity (Wildman–Crippen MR) is 116 cm³/mol. The minimum absolute atomic E-state index is 0.154. The van der Waals surface area contributed by atoms with E-state index < -0.39 is 53.2 Å². The summed E-state index contributed by atoms with van der Waals surface area (Å²) in [4.78, 5) is 26.0. The molecule has 1 aliphatic heterocycles. The van der Waals surface area contributed by atoms with Crippen LogP contribution >= 0.6 is 0 Å². The largest absolute Gasteiger partial charge is 0.416 e. The maximum absolute atomic E-state index is 12.8. The summed E-state index contributed by atoms with van der Waals surface area (Å²) >= 11 is 0. The molecule has 1 aliphatic rings. The lowest BCUT2D eigenvalue weighted by atomic mass is 9.86. The van der Waals surface area contributed by atoms with Crippen LogP contribution in [0.4, 0.5) is 26.3 Å². The van der Waals surface area contributed by atoms with Gasteiger partial charge in [-0.2, -0.15) is 26.3 Å². The molecule has 2 amide bonds. The Labute approximate surface area is 198 Å². The fraction of sp³-hybridized carbons (Fsp3) is 0.417. The molecule has 0 spiro atoms. The highest BCUT2D eigenvalue weighted by molar-refractivity contribution is 5.87. The third-order valence-electron chi connectivity index (χ3n) is 6.42. The second-order valence-electron chi connectivity index (χ2n) is 8.68. The second-order valence-corrected chi connectivity index (χ2v) is 8.68. The van der Waals surface area contributed by atoms with Gasteiger partial charge in [0, 0.05) is 19.1 Å². The highest BCUT2D eigenvalue weighted by atomic mass is 19.4. The number of carbonyl (C=O) groups is 2. The van der Waals surface area contributed by atoms with E-state index in [1.165, 1.54) is 24.3 Å². The lowest BCUT2D eigenvalue weighted by Crippen LogP contribution is -2.42. The van der Waals surface area contributed by atoms with Crippen LogP contribution in [0, 0.1) is 11.8 Å². The zero-order valence-electron chi connectivity index (χ0n) is 18.6. The van der Waals surface area contributed by atoms with Crippen LogP contribution in [0.15, 0.2) is 48.5 Å². The van der Waals surface area contributed by atoms with E-state index in [-0.39, 0.29) is 6.54 Å². The zero-order valence-corrected chi connectivity index (χ0v) is 18.6. The van der Waals surface area contributed by atoms with Gasteiger partial charge in [0.15, 0.2) is 0 Å². The molecule has 0 aliphatic carbocycles. The Morgan fingerprint density at radius 3 is 1.63 bits per heavy atom. The molecule has 0 radical (unpaired) electrons. The summed E-state index contributed by atoms with van der Waals surface area (Å²) in [5.74, 6) is -3.11. The van der Waals surface area contributed by atoms with Gasteiger partial charge < -0.3 is 11.5 Å². The minimum atomic E-state index is -4.45. The van der Waals surface area contributed by atoms with Crippen LogP contribution in [0.5, 0.6) is 0 Å². The number of primary amides is 2. The van der Waals surface area contributed by atoms with Crippen LogP contribution in [0.3, 0.4) is 0 Å². The average molecular weight is 501 g/mol. The first kappa shape index (κ1) is 26.5. The summed E-state index contributed by atoms with van der Waals surface area (Å²) in [6, 6.07) is 8.88. The van der Waals surface area contributed by atoms with Gasteiger partial charge in [-0.05, 0) is 54.7 Å². The van der Waals surface area contributed by atoms with Crippen molar-refractivity contribution in [2.24, 2.45) is 23.3 Å². The molecule has 1 heterocycles. The first-order chi connectivity index (χ1) is 16.3. The smallest absolute Gasteiger partial charge is 0.369 e. The van der Waals surface area contributed by atoms with Crippen LogP contribution in [-0.2, 0) is 34.8 Å². The van der Waals surface area contributed by atoms with Crippen molar-refractivity contribution in [3.05, 3.63) is 70.8 Å². The van der Waals surface area contributed by atoms with E-state index >= 15 is 0 Å². The molecule has 0 bridgehead atoms. The average Bonchev–Trinajstić information content (AvgIpc) is 3.15. The van der Waals surface area contributed by atoms with Gasteiger partial charge in [0.1, 0.15) is 0 Å². The molecule has 2 aromatic rings. The topological polar surface area (TPSA) is 89.4 Å². The first-order valence-corrected chi connectivity index (χ1v) is 10.9. The minimum Gasteiger partial charge on any atom is -0.369 e. The number of nitrogens with two attached hydrogens (primary N) is 2. The number of halogens is 6. The highest BCUT2D eigenvalue weighted by Crippen LogP contribution is 2.34. The molecule has 35 heavy (non-hydrogen) atoms. The van der Waals surface area contributed by atoms with Crippen molar-refractivity contribution in [1.82, 2.24) is 4.90 Å². The number of hydrogen-bond acceptors (Lipinski definition) is 3. The molecular weight excluding hydrogens is 476 g/mol. The molecule has 11 heteroatoms. The number of benzene rings is 2. The summed E-state index contributed by atoms with van der Waals surface area (Å²) in [5.41, 5.74) is 10.8. The SMILES string of the molecule is NC(=O)C1CN(CCc2ccc(C(F)(F)F)cc2)C(CCc2ccc(C(F)(F)F)cc2)C1C(N)=O. The lowest BCUT2D eigenvalue weighted by Gasteiger charge is -2.27. The Hall–Kier alpha value is -3.08. The molecule has 3 rings (SSSR count). The molecule has 1 fully saturated rings. The van der Waals surface area contributed by atoms with Gasteiger partial charge in [-0.15, -0.1) is 0 Å². The molecule has 3 atom stereocenters. The fourth-order valence-corrected chi connectivity index (χ4v) is 4.58. The molecule has 5 nitrogen and oxygen atoms in total. The van der Waals surface area contributed by atoms with Crippen LogP contribution in [-0.4, -0.2) is 35.8 Å². The predicted octanol–water partition coefficient (Wildman–Crippen LogP) is 3.79. The summed E-state index contributed by atoms with van der Waals surface area (Å²) < 4.78 is 76.8. The van der Waals surface area contributed by atoms with Gasteiger partial charge in [-0.3, -0.25) is 14.5 Å². The van der Waals surface area contributed by atoms with Gasteiger partial charge >= 0.3 is 12.4 Å². The number of carbonyl (C=O) groups excluding carboxylic acids is 2. The number of alkyl halides is 6. The number of nitrogens with zero attached hydrogens (tertiary/aromatic N) is 1. The Bertz CT molecular complexity index is 1040. The summed E-state index contributed by atoms with van der Waals surface area (Å²) in [6.45, 7) is 0.484. The second kappa shape index (κ2) is 10.3. The maximum atomic E-state index is 12.8. The van der Waals surface area contributed by atoms with E-state index in [2.05, 4.69) is 0 Å². The molecule has 3 unspecified atom stereocenters. The van der Waals surface area contributed by atoms with E-state index in [9.17, 15) is 35.9 Å². The van der Waals surface area contributed by atoms with E-state index in [0.717, 1.165) is 24.3 Å². The van der Waals surface area contributed by atoms with Gasteiger partial charge in [0.25, 0.3) is 0 Å². The molecule has 1 saturated heterocycles. The normalized spacial score (nSPS) is 21.3. The van der Waals surface area contributed by atoms with Crippen molar-refractivity contribution in [1.29, 1.82) is 0 Å². The number of rotatable bonds is 8. The summed E-state index contributed by atoms with van der Waals surface area (Å²) in [5, 5.41) is 0. The molecule has 0 saturated carbocycles. The molecule has 2 aromatic carbocycles. The Morgan fingerprint density at radius 1 is 0.771 bits per heavy atom. The van der Waals surface area contributed by atoms with E-state index in [4.69, 9.17) is 11.5 Å². The lowest BCUT2D eigenvalue weighted by molar-refractivity contribution is -0.138. The van der Waals surface area contributed by atoms with Crippen LogP contribution in [0.1, 0.15) is 28.7 Å². The molecule has 190 valence electrons. The number of hydrogen-bond donors (Lipinski definition) is 2. The van der Waals surface area contributed by atoms with Crippen molar-refractivity contribution >= 4 is 11.8 Å². The number of likely N-dealkylation sites (tertiary alicyclic amines) is 1. The van der Waals surface area contributed by atoms with Crippen LogP contribution < -0.4 is 11.5 Å². The monoisotopic (exact) mass is 501 g/mol. The van der Waals surface area contributed by atoms with E-state index in [1.807, 2.05) is 4.90 Å². The number of amides is 2. The standard InChI is InChI=1S/C24H25F6N3O2/c25-23(26,27)16-6-1-14(2-7-16)5-10-19-20(22(32)35)18(21(31)34)13-33(19)12-11-15-3-8-17(9-4-15)24(28,29)30/h1-4,6-9,18-20H,5,10-13H2,(H2,31,34)(H2,32,35). The van der Waals surface area contributed by atoms with Gasteiger partial charge in [0.05, 0.1) is 23.0 Å². The van der Waals surface area contributed by atoms with E-state index in [1.54, 1.807) is 0 Å². The third kappa shape index (κ3) is 6.53. The van der Waals surface area contributed by atoms with Gasteiger partial charge in [-0.1, -0.05) is 24.3 Å². The molecular formula is C24H25F6N3O2. The van der Waals surface area contributed by atoms with Gasteiger partial charge in [0.2, 0.25) is 11.8 Å². The number of aryl methyl sites for hydroxylation is 1. The Kier molecular flexibility index (Phi) is 7.78. The maximum Gasteiger partial charge on any atom is 0.416 e.